The molecule has 0 saturated heterocycles. The number of para-hydroxylation sites is 1. The van der Waals surface area contributed by atoms with Gasteiger partial charge < -0.3 is 10.2 Å². The topological polar surface area (TPSA) is 49.4 Å². The Morgan fingerprint density at radius 2 is 1.83 bits per heavy atom. The molecule has 1 N–H and O–H groups in total. The first kappa shape index (κ1) is 16.0. The Bertz CT molecular complexity index is 576. The average Bonchev–Trinajstić information content (AvgIpc) is 2.70. The molecule has 2 amide bonds. The minimum Gasteiger partial charge on any atom is -0.353 e. The first-order valence-corrected chi connectivity index (χ1v) is 8.81. The lowest BCUT2D eigenvalue weighted by atomic mass is 9.97. The normalized spacial score (nSPS) is 21.6. The van der Waals surface area contributed by atoms with Gasteiger partial charge in [-0.15, -0.1) is 0 Å². The summed E-state index contributed by atoms with van der Waals surface area (Å²) in [6, 6.07) is 8.29. The van der Waals surface area contributed by atoms with Gasteiger partial charge in [-0.2, -0.15) is 0 Å². The average molecular weight is 314 g/mol. The van der Waals surface area contributed by atoms with E-state index in [9.17, 15) is 9.59 Å². The second-order valence-electron chi connectivity index (χ2n) is 6.85. The largest absolute Gasteiger partial charge is 0.353 e. The highest BCUT2D eigenvalue weighted by atomic mass is 16.2. The number of hydrogen-bond donors (Lipinski definition) is 1. The molecule has 0 aromatic heterocycles. The van der Waals surface area contributed by atoms with Gasteiger partial charge in [0.25, 0.3) is 0 Å². The molecule has 1 heterocycles. The summed E-state index contributed by atoms with van der Waals surface area (Å²) in [5.74, 6) is 0.284. The Morgan fingerprint density at radius 1 is 1.13 bits per heavy atom. The van der Waals surface area contributed by atoms with E-state index in [0.29, 0.717) is 19.0 Å². The third-order valence-electron chi connectivity index (χ3n) is 5.10. The molecule has 1 aliphatic carbocycles. The molecule has 1 saturated carbocycles. The molecule has 4 nitrogen and oxygen atoms in total. The van der Waals surface area contributed by atoms with E-state index >= 15 is 0 Å². The van der Waals surface area contributed by atoms with Gasteiger partial charge in [-0.05, 0) is 24.5 Å². The smallest absolute Gasteiger partial charge is 0.223 e. The molecular formula is C19H26N2O2. The predicted molar refractivity (Wildman–Crippen MR) is 91.5 cm³/mol. The van der Waals surface area contributed by atoms with Crippen molar-refractivity contribution in [3.05, 3.63) is 29.8 Å². The Kier molecular flexibility index (Phi) is 4.99. The number of anilines is 1. The van der Waals surface area contributed by atoms with Crippen LogP contribution in [-0.4, -0.2) is 24.4 Å². The van der Waals surface area contributed by atoms with Crippen molar-refractivity contribution in [1.82, 2.24) is 5.32 Å². The van der Waals surface area contributed by atoms with Gasteiger partial charge in [0.2, 0.25) is 11.8 Å². The van der Waals surface area contributed by atoms with Crippen molar-refractivity contribution < 1.29 is 9.59 Å². The van der Waals surface area contributed by atoms with E-state index < -0.39 is 0 Å². The fourth-order valence-corrected chi connectivity index (χ4v) is 3.90. The van der Waals surface area contributed by atoms with Crippen molar-refractivity contribution in [2.24, 2.45) is 0 Å². The number of carbonyl (C=O) groups excluding carboxylic acids is 2. The zero-order valence-corrected chi connectivity index (χ0v) is 13.9. The van der Waals surface area contributed by atoms with Gasteiger partial charge in [-0.3, -0.25) is 9.59 Å². The molecular weight excluding hydrogens is 288 g/mol. The monoisotopic (exact) mass is 314 g/mol. The number of nitrogens with zero attached hydrogens (tertiary/aromatic N) is 1. The maximum atomic E-state index is 12.5. The summed E-state index contributed by atoms with van der Waals surface area (Å²) >= 11 is 0. The standard InChI is InChI=1S/C19H26N2O2/c1-14(22)21-13-15(17-10-6-7-11-18(17)21)12-19(23)20-16-8-4-2-3-5-9-16/h6-7,10-11,15-16H,2-5,8-9,12-13H2,1H3,(H,20,23). The van der Waals surface area contributed by atoms with E-state index in [1.165, 1.54) is 25.7 Å². The zero-order chi connectivity index (χ0) is 16.2. The summed E-state index contributed by atoms with van der Waals surface area (Å²) in [6.07, 6.45) is 7.69. The quantitative estimate of drug-likeness (QED) is 0.870. The summed E-state index contributed by atoms with van der Waals surface area (Å²) in [7, 11) is 0. The van der Waals surface area contributed by atoms with Crippen LogP contribution in [0, 0.1) is 0 Å². The van der Waals surface area contributed by atoms with E-state index in [-0.39, 0.29) is 17.7 Å². The number of rotatable bonds is 3. The highest BCUT2D eigenvalue weighted by molar-refractivity contribution is 5.94. The van der Waals surface area contributed by atoms with Crippen molar-refractivity contribution in [2.45, 2.75) is 63.8 Å². The van der Waals surface area contributed by atoms with Crippen molar-refractivity contribution in [1.29, 1.82) is 0 Å². The molecule has 4 heteroatoms. The van der Waals surface area contributed by atoms with Crippen LogP contribution in [-0.2, 0) is 9.59 Å². The van der Waals surface area contributed by atoms with Crippen LogP contribution < -0.4 is 10.2 Å². The molecule has 124 valence electrons. The fraction of sp³-hybridized carbons (Fsp3) is 0.579. The lowest BCUT2D eigenvalue weighted by molar-refractivity contribution is -0.122. The van der Waals surface area contributed by atoms with E-state index in [0.717, 1.165) is 24.1 Å². The summed E-state index contributed by atoms with van der Waals surface area (Å²) in [6.45, 7) is 2.21. The molecule has 0 spiro atoms. The molecule has 1 aromatic rings. The molecule has 1 fully saturated rings. The number of hydrogen-bond acceptors (Lipinski definition) is 2. The van der Waals surface area contributed by atoms with Crippen LogP contribution >= 0.6 is 0 Å². The maximum Gasteiger partial charge on any atom is 0.223 e. The maximum absolute atomic E-state index is 12.5. The predicted octanol–water partition coefficient (Wildman–Crippen LogP) is 3.37. The minimum atomic E-state index is 0.0455. The molecule has 1 aromatic carbocycles. The van der Waals surface area contributed by atoms with E-state index in [4.69, 9.17) is 0 Å². The van der Waals surface area contributed by atoms with Crippen LogP contribution in [0.4, 0.5) is 5.69 Å². The highest BCUT2D eigenvalue weighted by Gasteiger charge is 2.32. The van der Waals surface area contributed by atoms with Crippen LogP contribution in [0.5, 0.6) is 0 Å². The van der Waals surface area contributed by atoms with Gasteiger partial charge in [-0.1, -0.05) is 43.9 Å². The third-order valence-corrected chi connectivity index (χ3v) is 5.10. The molecule has 23 heavy (non-hydrogen) atoms. The van der Waals surface area contributed by atoms with E-state index in [2.05, 4.69) is 5.32 Å². The summed E-state index contributed by atoms with van der Waals surface area (Å²) in [5, 5.41) is 3.22. The first-order valence-electron chi connectivity index (χ1n) is 8.81. The number of fused-ring (bicyclic) bond motifs is 1. The SMILES string of the molecule is CC(=O)N1CC(CC(=O)NC2CCCCCC2)c2ccccc21. The highest BCUT2D eigenvalue weighted by Crippen LogP contribution is 2.37. The third kappa shape index (κ3) is 3.74. The molecule has 0 radical (unpaired) electrons. The molecule has 1 unspecified atom stereocenters. The van der Waals surface area contributed by atoms with Crippen LogP contribution in [0.15, 0.2) is 24.3 Å². The van der Waals surface area contributed by atoms with Crippen molar-refractivity contribution in [3.8, 4) is 0 Å². The van der Waals surface area contributed by atoms with Gasteiger partial charge in [0.15, 0.2) is 0 Å². The van der Waals surface area contributed by atoms with Crippen molar-refractivity contribution in [2.75, 3.05) is 11.4 Å². The number of amides is 2. The van der Waals surface area contributed by atoms with Crippen LogP contribution in [0.25, 0.3) is 0 Å². The Morgan fingerprint density at radius 3 is 2.52 bits per heavy atom. The van der Waals surface area contributed by atoms with Gasteiger partial charge >= 0.3 is 0 Å². The molecule has 2 aliphatic rings. The fourth-order valence-electron chi connectivity index (χ4n) is 3.90. The molecule has 3 rings (SSSR count). The van der Waals surface area contributed by atoms with Crippen LogP contribution in [0.2, 0.25) is 0 Å². The van der Waals surface area contributed by atoms with Crippen molar-refractivity contribution >= 4 is 17.5 Å². The van der Waals surface area contributed by atoms with Gasteiger partial charge in [0.1, 0.15) is 0 Å². The second kappa shape index (κ2) is 7.16. The van der Waals surface area contributed by atoms with Crippen LogP contribution in [0.1, 0.15) is 63.4 Å². The number of benzene rings is 1. The zero-order valence-electron chi connectivity index (χ0n) is 13.9. The first-order chi connectivity index (χ1) is 11.1. The Balaban J connectivity index is 1.63. The van der Waals surface area contributed by atoms with Crippen LogP contribution in [0.3, 0.4) is 0 Å². The second-order valence-corrected chi connectivity index (χ2v) is 6.85. The minimum absolute atomic E-state index is 0.0455. The van der Waals surface area contributed by atoms with Gasteiger partial charge in [-0.25, -0.2) is 0 Å². The summed E-state index contributed by atoms with van der Waals surface area (Å²) < 4.78 is 0. The lowest BCUT2D eigenvalue weighted by Crippen LogP contribution is -2.36. The lowest BCUT2D eigenvalue weighted by Gasteiger charge is -2.18. The Labute approximate surface area is 138 Å². The number of nitrogens with one attached hydrogen (secondary N) is 1. The van der Waals surface area contributed by atoms with E-state index in [1.54, 1.807) is 11.8 Å². The van der Waals surface area contributed by atoms with E-state index in [1.807, 2.05) is 24.3 Å². The van der Waals surface area contributed by atoms with Gasteiger partial charge in [0.05, 0.1) is 0 Å². The number of carbonyl (C=O) groups is 2. The molecule has 1 aliphatic heterocycles. The molecule has 0 bridgehead atoms. The van der Waals surface area contributed by atoms with Gasteiger partial charge in [0, 0.05) is 37.5 Å². The Hall–Kier alpha value is -1.84. The summed E-state index contributed by atoms with van der Waals surface area (Å²) in [4.78, 5) is 26.1. The molecule has 1 atom stereocenters. The summed E-state index contributed by atoms with van der Waals surface area (Å²) in [5.41, 5.74) is 2.09. The van der Waals surface area contributed by atoms with Crippen molar-refractivity contribution in [3.63, 3.8) is 0 Å².